The Morgan fingerprint density at radius 3 is 1.88 bits per heavy atom. The fourth-order valence-corrected chi connectivity index (χ4v) is 2.56. The molecule has 0 amide bonds. The van der Waals surface area contributed by atoms with E-state index in [1.165, 1.54) is 5.56 Å². The summed E-state index contributed by atoms with van der Waals surface area (Å²) in [4.78, 5) is 0.936. The zero-order valence-corrected chi connectivity index (χ0v) is 12.1. The van der Waals surface area contributed by atoms with Gasteiger partial charge in [0.05, 0.1) is 10.8 Å². The summed E-state index contributed by atoms with van der Waals surface area (Å²) >= 11 is 0. The lowest BCUT2D eigenvalue weighted by molar-refractivity contribution is 0.474. The highest BCUT2D eigenvalue weighted by Gasteiger charge is 2.15. The molecule has 0 saturated carbocycles. The van der Waals surface area contributed by atoms with Crippen LogP contribution in [0.5, 0.6) is 0 Å². The average molecular weight is 240 g/mol. The van der Waals surface area contributed by atoms with E-state index < -0.39 is 10.8 Å². The third-order valence-electron chi connectivity index (χ3n) is 1.85. The molecule has 0 spiro atoms. The van der Waals surface area contributed by atoms with Crippen molar-refractivity contribution in [3.63, 3.8) is 0 Å². The van der Waals surface area contributed by atoms with Crippen LogP contribution in [0.3, 0.4) is 0 Å². The fraction of sp³-hybridized carbons (Fsp3) is 0.571. The molecule has 0 fully saturated rings. The van der Waals surface area contributed by atoms with Crippen LogP contribution in [-0.4, -0.2) is 9.96 Å². The molecule has 0 radical (unpaired) electrons. The van der Waals surface area contributed by atoms with Crippen molar-refractivity contribution in [3.8, 4) is 0 Å². The van der Waals surface area contributed by atoms with Crippen molar-refractivity contribution < 1.29 is 4.21 Å². The number of rotatable bonds is 2. The summed E-state index contributed by atoms with van der Waals surface area (Å²) in [5, 5.41) is 0. The number of hydrogen-bond acceptors (Lipinski definition) is 1. The van der Waals surface area contributed by atoms with E-state index in [9.17, 15) is 4.21 Å². The first kappa shape index (κ1) is 15.4. The maximum absolute atomic E-state index is 11.9. The summed E-state index contributed by atoms with van der Waals surface area (Å²) < 4.78 is 11.9. The van der Waals surface area contributed by atoms with Gasteiger partial charge in [-0.15, -0.1) is 0 Å². The summed E-state index contributed by atoms with van der Waals surface area (Å²) in [5.41, 5.74) is 1.33. The lowest BCUT2D eigenvalue weighted by Crippen LogP contribution is -2.16. The second-order valence-corrected chi connectivity index (χ2v) is 6.31. The van der Waals surface area contributed by atoms with Crippen molar-refractivity contribution in [2.75, 3.05) is 5.75 Å². The van der Waals surface area contributed by atoms with Gasteiger partial charge in [0.2, 0.25) is 0 Å². The molecule has 0 aliphatic rings. The average Bonchev–Trinajstić information content (AvgIpc) is 2.19. The standard InChI is InChI=1S/C12H18OS.C2H6/c1-10-5-7-11(8-6-10)14(13)9-12(2,3)4;1-2/h5-8H,9H2,1-4H3;1-2H3. The van der Waals surface area contributed by atoms with Crippen LogP contribution in [0, 0.1) is 12.3 Å². The highest BCUT2D eigenvalue weighted by molar-refractivity contribution is 7.85. The molecule has 0 saturated heterocycles. The number of hydrogen-bond donors (Lipinski definition) is 0. The normalized spacial score (nSPS) is 12.6. The Labute approximate surface area is 103 Å². The first-order valence-electron chi connectivity index (χ1n) is 5.83. The minimum Gasteiger partial charge on any atom is -0.254 e. The van der Waals surface area contributed by atoms with Crippen molar-refractivity contribution in [1.82, 2.24) is 0 Å². The van der Waals surface area contributed by atoms with Gasteiger partial charge in [-0.05, 0) is 24.5 Å². The Morgan fingerprint density at radius 2 is 1.50 bits per heavy atom. The number of benzene rings is 1. The molecule has 0 aliphatic carbocycles. The van der Waals surface area contributed by atoms with Gasteiger partial charge in [-0.3, -0.25) is 4.21 Å². The van der Waals surface area contributed by atoms with Crippen LogP contribution < -0.4 is 0 Å². The van der Waals surface area contributed by atoms with Gasteiger partial charge < -0.3 is 0 Å². The highest BCUT2D eigenvalue weighted by atomic mass is 32.2. The fourth-order valence-electron chi connectivity index (χ4n) is 1.17. The molecular formula is C14H24OS. The lowest BCUT2D eigenvalue weighted by Gasteiger charge is -2.17. The molecule has 0 aromatic heterocycles. The Balaban J connectivity index is 0.00000106. The molecule has 1 aromatic carbocycles. The molecule has 16 heavy (non-hydrogen) atoms. The molecule has 2 heteroatoms. The quantitative estimate of drug-likeness (QED) is 0.758. The Hall–Kier alpha value is -0.630. The largest absolute Gasteiger partial charge is 0.254 e. The van der Waals surface area contributed by atoms with E-state index in [0.717, 1.165) is 10.6 Å². The maximum atomic E-state index is 11.9. The van der Waals surface area contributed by atoms with E-state index in [4.69, 9.17) is 0 Å². The molecule has 0 heterocycles. The van der Waals surface area contributed by atoms with Crippen LogP contribution in [0.4, 0.5) is 0 Å². The van der Waals surface area contributed by atoms with Crippen molar-refractivity contribution in [2.24, 2.45) is 5.41 Å². The molecule has 1 rings (SSSR count). The predicted octanol–water partition coefficient (Wildman–Crippen LogP) is 4.17. The minimum atomic E-state index is -0.861. The van der Waals surface area contributed by atoms with Crippen LogP contribution in [0.15, 0.2) is 29.2 Å². The van der Waals surface area contributed by atoms with Gasteiger partial charge >= 0.3 is 0 Å². The second-order valence-electron chi connectivity index (χ2n) is 4.86. The van der Waals surface area contributed by atoms with E-state index in [1.54, 1.807) is 0 Å². The van der Waals surface area contributed by atoms with Crippen LogP contribution in [-0.2, 0) is 10.8 Å². The SMILES string of the molecule is CC.Cc1ccc(S(=O)CC(C)(C)C)cc1. The predicted molar refractivity (Wildman–Crippen MR) is 73.3 cm³/mol. The van der Waals surface area contributed by atoms with Gasteiger partial charge in [-0.1, -0.05) is 52.3 Å². The highest BCUT2D eigenvalue weighted by Crippen LogP contribution is 2.19. The topological polar surface area (TPSA) is 17.1 Å². The monoisotopic (exact) mass is 240 g/mol. The van der Waals surface area contributed by atoms with Gasteiger partial charge in [-0.25, -0.2) is 0 Å². The minimum absolute atomic E-state index is 0.121. The van der Waals surface area contributed by atoms with Gasteiger partial charge in [0.1, 0.15) is 0 Å². The van der Waals surface area contributed by atoms with E-state index >= 15 is 0 Å². The third kappa shape index (κ3) is 6.06. The smallest absolute Gasteiger partial charge is 0.0534 e. The summed E-state index contributed by atoms with van der Waals surface area (Å²) in [5.74, 6) is 0.718. The van der Waals surface area contributed by atoms with E-state index in [2.05, 4.69) is 20.8 Å². The third-order valence-corrected chi connectivity index (χ3v) is 3.77. The second kappa shape index (κ2) is 6.85. The molecule has 92 valence electrons. The van der Waals surface area contributed by atoms with Gasteiger partial charge in [-0.2, -0.15) is 0 Å². The number of aryl methyl sites for hydroxylation is 1. The van der Waals surface area contributed by atoms with Crippen molar-refractivity contribution in [3.05, 3.63) is 29.8 Å². The Morgan fingerprint density at radius 1 is 1.06 bits per heavy atom. The zero-order valence-electron chi connectivity index (χ0n) is 11.3. The molecule has 1 nitrogen and oxygen atoms in total. The molecular weight excluding hydrogens is 216 g/mol. The summed E-state index contributed by atoms with van der Waals surface area (Å²) in [6.07, 6.45) is 0. The van der Waals surface area contributed by atoms with E-state index in [-0.39, 0.29) is 5.41 Å². The van der Waals surface area contributed by atoms with Crippen LogP contribution in [0.2, 0.25) is 0 Å². The van der Waals surface area contributed by atoms with Crippen LogP contribution >= 0.6 is 0 Å². The van der Waals surface area contributed by atoms with Crippen LogP contribution in [0.1, 0.15) is 40.2 Å². The summed E-state index contributed by atoms with van der Waals surface area (Å²) in [6, 6.07) is 7.93. The lowest BCUT2D eigenvalue weighted by atomic mass is 10.0. The van der Waals surface area contributed by atoms with E-state index in [0.29, 0.717) is 0 Å². The van der Waals surface area contributed by atoms with Crippen molar-refractivity contribution in [2.45, 2.75) is 46.4 Å². The summed E-state index contributed by atoms with van der Waals surface area (Å²) in [6.45, 7) is 12.4. The first-order chi connectivity index (χ1) is 7.38. The van der Waals surface area contributed by atoms with Gasteiger partial charge in [0.15, 0.2) is 0 Å². The molecule has 1 unspecified atom stereocenters. The van der Waals surface area contributed by atoms with Gasteiger partial charge in [0.25, 0.3) is 0 Å². The van der Waals surface area contributed by atoms with E-state index in [1.807, 2.05) is 45.0 Å². The molecule has 0 N–H and O–H groups in total. The molecule has 0 bridgehead atoms. The summed E-state index contributed by atoms with van der Waals surface area (Å²) in [7, 11) is -0.861. The van der Waals surface area contributed by atoms with Gasteiger partial charge in [0, 0.05) is 10.6 Å². The Bertz CT molecular complexity index is 320. The van der Waals surface area contributed by atoms with Crippen LogP contribution in [0.25, 0.3) is 0 Å². The first-order valence-corrected chi connectivity index (χ1v) is 7.15. The van der Waals surface area contributed by atoms with Crippen molar-refractivity contribution in [1.29, 1.82) is 0 Å². The molecule has 0 aliphatic heterocycles. The molecule has 1 atom stereocenters. The molecule has 1 aromatic rings. The van der Waals surface area contributed by atoms with Crippen molar-refractivity contribution >= 4 is 10.8 Å². The maximum Gasteiger partial charge on any atom is 0.0534 e. The Kier molecular flexibility index (Phi) is 6.58. The zero-order chi connectivity index (χ0) is 12.8.